The van der Waals surface area contributed by atoms with Gasteiger partial charge in [-0.3, -0.25) is 4.79 Å². The summed E-state index contributed by atoms with van der Waals surface area (Å²) in [5, 5.41) is 4.63. The highest BCUT2D eigenvalue weighted by atomic mass is 35.5. The van der Waals surface area contributed by atoms with Gasteiger partial charge in [0.2, 0.25) is 11.7 Å². The standard InChI is InChI=1S/C22H22ClN3O3/c1-3-14-26(22(27)19(4-2)28-18-8-6-5-7-9-18)15-20-24-21(25-29-20)16-10-12-17(23)13-11-16/h3,5-13,19H,1,4,14-15H2,2H3/t19-/m0/s1. The molecule has 0 fully saturated rings. The van der Waals surface area contributed by atoms with Gasteiger partial charge in [0, 0.05) is 17.1 Å². The lowest BCUT2D eigenvalue weighted by Crippen LogP contribution is -2.41. The minimum atomic E-state index is -0.615. The van der Waals surface area contributed by atoms with Gasteiger partial charge in [-0.2, -0.15) is 4.98 Å². The molecule has 29 heavy (non-hydrogen) atoms. The van der Waals surface area contributed by atoms with Crippen LogP contribution >= 0.6 is 11.6 Å². The fourth-order valence-electron chi connectivity index (χ4n) is 2.76. The van der Waals surface area contributed by atoms with Gasteiger partial charge in [-0.1, -0.05) is 48.0 Å². The van der Waals surface area contributed by atoms with Gasteiger partial charge in [0.1, 0.15) is 12.3 Å². The lowest BCUT2D eigenvalue weighted by molar-refractivity contribution is -0.139. The molecule has 0 N–H and O–H groups in total. The quantitative estimate of drug-likeness (QED) is 0.475. The van der Waals surface area contributed by atoms with E-state index in [1.165, 1.54) is 0 Å². The maximum Gasteiger partial charge on any atom is 0.264 e. The fraction of sp³-hybridized carbons (Fsp3) is 0.227. The molecule has 1 atom stereocenters. The summed E-state index contributed by atoms with van der Waals surface area (Å²) >= 11 is 5.91. The first-order valence-electron chi connectivity index (χ1n) is 9.30. The number of amides is 1. The monoisotopic (exact) mass is 411 g/mol. The maximum absolute atomic E-state index is 13.0. The van der Waals surface area contributed by atoms with E-state index in [2.05, 4.69) is 16.7 Å². The smallest absolute Gasteiger partial charge is 0.264 e. The Bertz CT molecular complexity index is 941. The molecule has 6 nitrogen and oxygen atoms in total. The molecule has 1 heterocycles. The van der Waals surface area contributed by atoms with Gasteiger partial charge in [0.25, 0.3) is 5.91 Å². The molecule has 1 amide bonds. The van der Waals surface area contributed by atoms with Crippen LogP contribution in [-0.4, -0.2) is 33.6 Å². The van der Waals surface area contributed by atoms with Gasteiger partial charge < -0.3 is 14.2 Å². The van der Waals surface area contributed by atoms with Gasteiger partial charge in [0.05, 0.1) is 0 Å². The summed E-state index contributed by atoms with van der Waals surface area (Å²) in [5.74, 6) is 1.26. The molecule has 1 aromatic heterocycles. The van der Waals surface area contributed by atoms with E-state index in [-0.39, 0.29) is 12.5 Å². The summed E-state index contributed by atoms with van der Waals surface area (Å²) in [6.45, 7) is 6.15. The summed E-state index contributed by atoms with van der Waals surface area (Å²) in [6, 6.07) is 16.4. The van der Waals surface area contributed by atoms with Crippen LogP contribution < -0.4 is 4.74 Å². The molecule has 3 rings (SSSR count). The van der Waals surface area contributed by atoms with E-state index in [4.69, 9.17) is 20.9 Å². The number of aromatic nitrogens is 2. The molecule has 0 radical (unpaired) electrons. The molecule has 150 valence electrons. The van der Waals surface area contributed by atoms with Crippen LogP contribution in [0.2, 0.25) is 5.02 Å². The van der Waals surface area contributed by atoms with Crippen LogP contribution in [0, 0.1) is 0 Å². The number of hydrogen-bond donors (Lipinski definition) is 0. The van der Waals surface area contributed by atoms with E-state index in [1.807, 2.05) is 49.4 Å². The second-order valence-corrected chi connectivity index (χ2v) is 6.79. The van der Waals surface area contributed by atoms with Gasteiger partial charge >= 0.3 is 0 Å². The first-order valence-corrected chi connectivity index (χ1v) is 9.68. The van der Waals surface area contributed by atoms with Crippen LogP contribution in [0.25, 0.3) is 11.4 Å². The molecular weight excluding hydrogens is 390 g/mol. The van der Waals surface area contributed by atoms with E-state index < -0.39 is 6.10 Å². The van der Waals surface area contributed by atoms with Crippen LogP contribution in [-0.2, 0) is 11.3 Å². The molecule has 0 aliphatic rings. The molecule has 0 bridgehead atoms. The number of carbonyl (C=O) groups is 1. The second kappa shape index (κ2) is 9.89. The molecule has 0 saturated carbocycles. The Kier molecular flexibility index (Phi) is 7.03. The zero-order valence-corrected chi connectivity index (χ0v) is 16.9. The Labute approximate surface area is 174 Å². The minimum Gasteiger partial charge on any atom is -0.481 e. The third kappa shape index (κ3) is 5.45. The van der Waals surface area contributed by atoms with E-state index in [0.29, 0.717) is 35.5 Å². The Morgan fingerprint density at radius 2 is 1.97 bits per heavy atom. The Balaban J connectivity index is 1.72. The molecule has 3 aromatic rings. The number of benzene rings is 2. The van der Waals surface area contributed by atoms with Gasteiger partial charge in [-0.05, 0) is 42.8 Å². The van der Waals surface area contributed by atoms with Gasteiger partial charge in [0.15, 0.2) is 6.10 Å². The van der Waals surface area contributed by atoms with Crippen molar-refractivity contribution in [3.8, 4) is 17.1 Å². The van der Waals surface area contributed by atoms with Crippen molar-refractivity contribution in [2.24, 2.45) is 0 Å². The summed E-state index contributed by atoms with van der Waals surface area (Å²) in [7, 11) is 0. The van der Waals surface area contributed by atoms with Crippen molar-refractivity contribution in [2.45, 2.75) is 26.0 Å². The van der Waals surface area contributed by atoms with Crippen molar-refractivity contribution in [2.75, 3.05) is 6.54 Å². The Morgan fingerprint density at radius 1 is 1.24 bits per heavy atom. The molecule has 0 saturated heterocycles. The third-order valence-electron chi connectivity index (χ3n) is 4.23. The van der Waals surface area contributed by atoms with Crippen molar-refractivity contribution >= 4 is 17.5 Å². The van der Waals surface area contributed by atoms with Crippen molar-refractivity contribution in [3.63, 3.8) is 0 Å². The van der Waals surface area contributed by atoms with Crippen molar-refractivity contribution < 1.29 is 14.1 Å². The van der Waals surface area contributed by atoms with Gasteiger partial charge in [-0.15, -0.1) is 6.58 Å². The van der Waals surface area contributed by atoms with E-state index in [1.54, 1.807) is 23.1 Å². The summed E-state index contributed by atoms with van der Waals surface area (Å²) in [5.41, 5.74) is 0.782. The number of para-hydroxylation sites is 1. The lowest BCUT2D eigenvalue weighted by Gasteiger charge is -2.25. The first kappa shape index (κ1) is 20.6. The predicted octanol–water partition coefficient (Wildman–Crippen LogP) is 4.76. The van der Waals surface area contributed by atoms with Gasteiger partial charge in [-0.25, -0.2) is 0 Å². The number of nitrogens with zero attached hydrogens (tertiary/aromatic N) is 3. The van der Waals surface area contributed by atoms with E-state index >= 15 is 0 Å². The lowest BCUT2D eigenvalue weighted by atomic mass is 10.2. The number of carbonyl (C=O) groups excluding carboxylic acids is 1. The largest absolute Gasteiger partial charge is 0.481 e. The highest BCUT2D eigenvalue weighted by Gasteiger charge is 2.26. The van der Waals surface area contributed by atoms with Crippen LogP contribution in [0.15, 0.2) is 71.8 Å². The van der Waals surface area contributed by atoms with E-state index in [9.17, 15) is 4.79 Å². The number of rotatable bonds is 9. The fourth-order valence-corrected chi connectivity index (χ4v) is 2.89. The zero-order chi connectivity index (χ0) is 20.6. The topological polar surface area (TPSA) is 68.5 Å². The highest BCUT2D eigenvalue weighted by Crippen LogP contribution is 2.20. The number of halogens is 1. The Hall–Kier alpha value is -3.12. The van der Waals surface area contributed by atoms with Crippen molar-refractivity contribution in [1.82, 2.24) is 15.0 Å². The molecule has 0 aliphatic heterocycles. The normalized spacial score (nSPS) is 11.7. The molecule has 0 unspecified atom stereocenters. The molecule has 0 aliphatic carbocycles. The average molecular weight is 412 g/mol. The predicted molar refractivity (Wildman–Crippen MR) is 112 cm³/mol. The van der Waals surface area contributed by atoms with Crippen LogP contribution in [0.5, 0.6) is 5.75 Å². The second-order valence-electron chi connectivity index (χ2n) is 6.35. The van der Waals surface area contributed by atoms with Crippen molar-refractivity contribution in [3.05, 3.63) is 78.2 Å². The first-order chi connectivity index (χ1) is 14.1. The van der Waals surface area contributed by atoms with Crippen LogP contribution in [0.3, 0.4) is 0 Å². The minimum absolute atomic E-state index is 0.164. The average Bonchev–Trinajstić information content (AvgIpc) is 3.21. The summed E-state index contributed by atoms with van der Waals surface area (Å²) in [4.78, 5) is 19.0. The molecule has 0 spiro atoms. The SMILES string of the molecule is C=CCN(Cc1nc(-c2ccc(Cl)cc2)no1)C(=O)[C@H](CC)Oc1ccccc1. The van der Waals surface area contributed by atoms with Crippen molar-refractivity contribution in [1.29, 1.82) is 0 Å². The zero-order valence-electron chi connectivity index (χ0n) is 16.1. The van der Waals surface area contributed by atoms with Crippen LogP contribution in [0.1, 0.15) is 19.2 Å². The number of hydrogen-bond acceptors (Lipinski definition) is 5. The summed E-state index contributed by atoms with van der Waals surface area (Å²) < 4.78 is 11.2. The molecule has 7 heteroatoms. The molecular formula is C22H22ClN3O3. The summed E-state index contributed by atoms with van der Waals surface area (Å²) in [6.07, 6.45) is 1.57. The number of ether oxygens (including phenoxy) is 1. The maximum atomic E-state index is 13.0. The van der Waals surface area contributed by atoms with E-state index in [0.717, 1.165) is 5.56 Å². The third-order valence-corrected chi connectivity index (χ3v) is 4.48. The Morgan fingerprint density at radius 3 is 2.62 bits per heavy atom. The highest BCUT2D eigenvalue weighted by molar-refractivity contribution is 6.30. The molecule has 2 aromatic carbocycles. The van der Waals surface area contributed by atoms with Crippen LogP contribution in [0.4, 0.5) is 0 Å².